The van der Waals surface area contributed by atoms with Gasteiger partial charge in [0.05, 0.1) is 11.0 Å². The number of halogens is 2. The van der Waals surface area contributed by atoms with E-state index in [9.17, 15) is 18.7 Å². The number of alkyl halides is 2. The summed E-state index contributed by atoms with van der Waals surface area (Å²) >= 11 is 0. The monoisotopic (exact) mass is 330 g/mol. The van der Waals surface area contributed by atoms with Gasteiger partial charge in [0.25, 0.3) is 5.92 Å². The summed E-state index contributed by atoms with van der Waals surface area (Å²) in [6, 6.07) is 0. The van der Waals surface area contributed by atoms with Crippen molar-refractivity contribution in [2.45, 2.75) is 70.8 Å². The fraction of sp³-hybridized carbons (Fsp3) is 0.944. The summed E-state index contributed by atoms with van der Waals surface area (Å²) < 4.78 is 31.0. The van der Waals surface area contributed by atoms with Gasteiger partial charge in [-0.1, -0.05) is 13.8 Å². The molecule has 0 amide bonds. The lowest BCUT2D eigenvalue weighted by atomic mass is 9.43. The first-order valence-electron chi connectivity index (χ1n) is 8.81. The smallest absolute Gasteiger partial charge is 0.312 e. The van der Waals surface area contributed by atoms with E-state index in [2.05, 4.69) is 13.8 Å². The molecule has 5 heteroatoms. The third kappa shape index (κ3) is 3.01. The highest BCUT2D eigenvalue weighted by atomic mass is 19.3. The molecule has 0 aliphatic heterocycles. The summed E-state index contributed by atoms with van der Waals surface area (Å²) in [4.78, 5) is 12.5. The van der Waals surface area contributed by atoms with Crippen LogP contribution in [0.25, 0.3) is 0 Å². The molecule has 1 N–H and O–H groups in total. The highest BCUT2D eigenvalue weighted by Crippen LogP contribution is 2.65. The van der Waals surface area contributed by atoms with Crippen LogP contribution in [-0.4, -0.2) is 29.2 Å². The van der Waals surface area contributed by atoms with Crippen LogP contribution >= 0.6 is 0 Å². The van der Waals surface area contributed by atoms with Crippen LogP contribution in [0.4, 0.5) is 8.78 Å². The van der Waals surface area contributed by atoms with E-state index < -0.39 is 29.5 Å². The summed E-state index contributed by atoms with van der Waals surface area (Å²) in [5.74, 6) is -2.42. The summed E-state index contributed by atoms with van der Waals surface area (Å²) in [5, 5.41) is 11.2. The Balaban J connectivity index is 1.76. The zero-order chi connectivity index (χ0) is 17.0. The van der Waals surface area contributed by atoms with Crippen molar-refractivity contribution < 1.29 is 23.4 Å². The van der Waals surface area contributed by atoms with Crippen LogP contribution in [0.5, 0.6) is 0 Å². The first-order valence-corrected chi connectivity index (χ1v) is 8.81. The number of rotatable bonds is 5. The average molecular weight is 330 g/mol. The lowest BCUT2D eigenvalue weighted by molar-refractivity contribution is -0.222. The minimum absolute atomic E-state index is 0.103. The third-order valence-corrected chi connectivity index (χ3v) is 6.23. The predicted octanol–water partition coefficient (Wildman–Crippen LogP) is 3.79. The Morgan fingerprint density at radius 2 is 1.83 bits per heavy atom. The van der Waals surface area contributed by atoms with Crippen LogP contribution in [0.1, 0.15) is 59.3 Å². The number of carbonyl (C=O) groups is 1. The maximum absolute atomic E-state index is 13.0. The first-order chi connectivity index (χ1) is 10.5. The summed E-state index contributed by atoms with van der Waals surface area (Å²) in [6.07, 6.45) is 4.60. The quantitative estimate of drug-likeness (QED) is 0.780. The van der Waals surface area contributed by atoms with Gasteiger partial charge in [-0.25, -0.2) is 8.78 Å². The largest absolute Gasteiger partial charge is 0.459 e. The molecule has 4 aliphatic rings. The van der Waals surface area contributed by atoms with Gasteiger partial charge in [0.1, 0.15) is 0 Å². The molecule has 0 aromatic carbocycles. The molecule has 4 saturated carbocycles. The van der Waals surface area contributed by atoms with Gasteiger partial charge < -0.3 is 9.84 Å². The SMILES string of the molecule is CC(C)CC1(O)C2CC3CC1CC(C(=O)OCC(C)(F)F)(C3)C2. The van der Waals surface area contributed by atoms with E-state index in [1.54, 1.807) is 0 Å². The lowest BCUT2D eigenvalue weighted by Crippen LogP contribution is -2.63. The molecule has 0 heterocycles. The standard InChI is InChI=1S/C18H28F2O3/c1-11(2)6-18(22)13-4-12-5-14(18)9-17(7-12,8-13)15(21)23-10-16(3,19)20/h11-14,22H,4-10H2,1-3H3. The zero-order valence-corrected chi connectivity index (χ0v) is 14.3. The van der Waals surface area contributed by atoms with Crippen molar-refractivity contribution in [1.29, 1.82) is 0 Å². The van der Waals surface area contributed by atoms with E-state index in [0.29, 0.717) is 24.7 Å². The second-order valence-corrected chi connectivity index (χ2v) is 8.86. The molecule has 132 valence electrons. The van der Waals surface area contributed by atoms with Gasteiger partial charge in [0, 0.05) is 6.92 Å². The number of hydrogen-bond acceptors (Lipinski definition) is 3. The van der Waals surface area contributed by atoms with Crippen molar-refractivity contribution in [2.24, 2.45) is 29.1 Å². The zero-order valence-electron chi connectivity index (χ0n) is 14.3. The maximum atomic E-state index is 13.0. The van der Waals surface area contributed by atoms with E-state index in [-0.39, 0.29) is 11.8 Å². The number of esters is 1. The molecule has 4 bridgehead atoms. The fourth-order valence-electron chi connectivity index (χ4n) is 5.66. The minimum Gasteiger partial charge on any atom is -0.459 e. The van der Waals surface area contributed by atoms with Crippen LogP contribution in [0, 0.1) is 29.1 Å². The molecule has 0 radical (unpaired) electrons. The second-order valence-electron chi connectivity index (χ2n) is 8.86. The van der Waals surface area contributed by atoms with Gasteiger partial charge in [-0.3, -0.25) is 4.79 Å². The number of hydrogen-bond donors (Lipinski definition) is 1. The highest BCUT2D eigenvalue weighted by Gasteiger charge is 2.64. The molecular formula is C18H28F2O3. The van der Waals surface area contributed by atoms with E-state index in [1.165, 1.54) is 0 Å². The Labute approximate surface area is 136 Å². The highest BCUT2D eigenvalue weighted by molar-refractivity contribution is 5.77. The number of ether oxygens (including phenoxy) is 1. The first kappa shape index (κ1) is 17.1. The van der Waals surface area contributed by atoms with Gasteiger partial charge in [-0.2, -0.15) is 0 Å². The fourth-order valence-corrected chi connectivity index (χ4v) is 5.66. The predicted molar refractivity (Wildman–Crippen MR) is 82.0 cm³/mol. The lowest BCUT2D eigenvalue weighted by Gasteiger charge is -2.62. The van der Waals surface area contributed by atoms with Crippen LogP contribution in [0.15, 0.2) is 0 Å². The number of aliphatic hydroxyl groups is 1. The molecule has 4 fully saturated rings. The van der Waals surface area contributed by atoms with Gasteiger partial charge in [-0.15, -0.1) is 0 Å². The van der Waals surface area contributed by atoms with Gasteiger partial charge in [0.2, 0.25) is 0 Å². The maximum Gasteiger partial charge on any atom is 0.312 e. The Hall–Kier alpha value is -0.710. The molecule has 0 aromatic rings. The van der Waals surface area contributed by atoms with Gasteiger partial charge in [-0.05, 0) is 62.2 Å². The molecule has 4 rings (SSSR count). The summed E-state index contributed by atoms with van der Waals surface area (Å²) in [6.45, 7) is 4.14. The molecule has 0 spiro atoms. The van der Waals surface area contributed by atoms with Crippen molar-refractivity contribution in [1.82, 2.24) is 0 Å². The Morgan fingerprint density at radius 1 is 1.26 bits per heavy atom. The van der Waals surface area contributed by atoms with Crippen LogP contribution in [0.2, 0.25) is 0 Å². The van der Waals surface area contributed by atoms with Crippen molar-refractivity contribution in [3.05, 3.63) is 0 Å². The molecule has 2 atom stereocenters. The Bertz CT molecular complexity index is 467. The molecule has 2 unspecified atom stereocenters. The van der Waals surface area contributed by atoms with Crippen molar-refractivity contribution in [3.8, 4) is 0 Å². The molecule has 0 saturated heterocycles. The summed E-state index contributed by atoms with van der Waals surface area (Å²) in [5.41, 5.74) is -1.32. The van der Waals surface area contributed by atoms with Crippen LogP contribution in [-0.2, 0) is 9.53 Å². The van der Waals surface area contributed by atoms with E-state index in [1.807, 2.05) is 0 Å². The normalized spacial score (nSPS) is 42.3. The molecule has 23 heavy (non-hydrogen) atoms. The topological polar surface area (TPSA) is 46.5 Å². The summed E-state index contributed by atoms with van der Waals surface area (Å²) in [7, 11) is 0. The minimum atomic E-state index is -2.99. The van der Waals surface area contributed by atoms with E-state index in [4.69, 9.17) is 4.74 Å². The van der Waals surface area contributed by atoms with E-state index >= 15 is 0 Å². The average Bonchev–Trinajstić information content (AvgIpc) is 2.40. The molecule has 0 aromatic heterocycles. The van der Waals surface area contributed by atoms with Crippen LogP contribution < -0.4 is 0 Å². The van der Waals surface area contributed by atoms with E-state index in [0.717, 1.165) is 32.6 Å². The molecular weight excluding hydrogens is 302 g/mol. The molecule has 3 nitrogen and oxygen atoms in total. The van der Waals surface area contributed by atoms with Crippen molar-refractivity contribution in [2.75, 3.05) is 6.61 Å². The number of carbonyl (C=O) groups excluding carboxylic acids is 1. The Kier molecular flexibility index (Phi) is 4.02. The molecule has 4 aliphatic carbocycles. The van der Waals surface area contributed by atoms with Crippen molar-refractivity contribution >= 4 is 5.97 Å². The van der Waals surface area contributed by atoms with Crippen molar-refractivity contribution in [3.63, 3.8) is 0 Å². The second kappa shape index (κ2) is 5.40. The third-order valence-electron chi connectivity index (χ3n) is 6.23. The Morgan fingerprint density at radius 3 is 2.30 bits per heavy atom. The van der Waals surface area contributed by atoms with Crippen LogP contribution in [0.3, 0.4) is 0 Å². The van der Waals surface area contributed by atoms with Gasteiger partial charge >= 0.3 is 5.97 Å². The van der Waals surface area contributed by atoms with Gasteiger partial charge in [0.15, 0.2) is 6.61 Å².